The maximum absolute atomic E-state index is 6.05. The van der Waals surface area contributed by atoms with Gasteiger partial charge < -0.3 is 14.8 Å². The second-order valence-electron chi connectivity index (χ2n) is 6.42. The van der Waals surface area contributed by atoms with Gasteiger partial charge in [-0.1, -0.05) is 59.6 Å². The monoisotopic (exact) mass is 415 g/mol. The second-order valence-corrected chi connectivity index (χ2v) is 7.24. The molecule has 3 aromatic carbocycles. The summed E-state index contributed by atoms with van der Waals surface area (Å²) in [6.45, 7) is 2.09. The summed E-state index contributed by atoms with van der Waals surface area (Å²) < 4.78 is 11.3. The van der Waals surface area contributed by atoms with E-state index in [-0.39, 0.29) is 0 Å². The number of hydrogen-bond acceptors (Lipinski definition) is 3. The van der Waals surface area contributed by atoms with Crippen molar-refractivity contribution in [3.63, 3.8) is 0 Å². The van der Waals surface area contributed by atoms with E-state index in [9.17, 15) is 0 Å². The second kappa shape index (κ2) is 10.4. The van der Waals surface area contributed by atoms with Gasteiger partial charge in [-0.2, -0.15) is 0 Å². The molecule has 0 radical (unpaired) electrons. The fourth-order valence-corrected chi connectivity index (χ4v) is 3.23. The minimum absolute atomic E-state index is 0.446. The topological polar surface area (TPSA) is 30.5 Å². The van der Waals surface area contributed by atoms with Crippen LogP contribution in [0.3, 0.4) is 0 Å². The molecule has 3 nitrogen and oxygen atoms in total. The highest BCUT2D eigenvalue weighted by molar-refractivity contribution is 6.42. The third kappa shape index (κ3) is 5.90. The molecule has 0 unspecified atom stereocenters. The van der Waals surface area contributed by atoms with Crippen molar-refractivity contribution in [3.05, 3.63) is 93.5 Å². The van der Waals surface area contributed by atoms with Gasteiger partial charge in [-0.25, -0.2) is 0 Å². The lowest BCUT2D eigenvalue weighted by Crippen LogP contribution is -2.17. The molecule has 0 saturated heterocycles. The Morgan fingerprint density at radius 3 is 2.54 bits per heavy atom. The molecule has 0 fully saturated rings. The van der Waals surface area contributed by atoms with E-state index in [4.69, 9.17) is 32.7 Å². The summed E-state index contributed by atoms with van der Waals surface area (Å²) in [6, 6.07) is 21.7. The maximum atomic E-state index is 6.05. The van der Waals surface area contributed by atoms with E-state index >= 15 is 0 Å². The summed E-state index contributed by atoms with van der Waals surface area (Å²) >= 11 is 12.0. The predicted octanol–water partition coefficient (Wildman–Crippen LogP) is 5.91. The van der Waals surface area contributed by atoms with Crippen molar-refractivity contribution in [3.8, 4) is 11.5 Å². The average molecular weight is 416 g/mol. The molecule has 3 rings (SSSR count). The van der Waals surface area contributed by atoms with Crippen molar-refractivity contribution < 1.29 is 9.47 Å². The van der Waals surface area contributed by atoms with Gasteiger partial charge in [0.25, 0.3) is 0 Å². The van der Waals surface area contributed by atoms with E-state index in [0.717, 1.165) is 36.6 Å². The first-order valence-electron chi connectivity index (χ1n) is 9.14. The van der Waals surface area contributed by atoms with Crippen molar-refractivity contribution in [2.45, 2.75) is 19.6 Å². The van der Waals surface area contributed by atoms with Gasteiger partial charge in [-0.15, -0.1) is 0 Å². The molecule has 1 N–H and O–H groups in total. The fourth-order valence-electron chi connectivity index (χ4n) is 2.91. The van der Waals surface area contributed by atoms with Gasteiger partial charge in [0.05, 0.1) is 17.2 Å². The zero-order valence-electron chi connectivity index (χ0n) is 15.8. The van der Waals surface area contributed by atoms with Gasteiger partial charge in [0.15, 0.2) is 0 Å². The molecule has 0 spiro atoms. The lowest BCUT2D eigenvalue weighted by Gasteiger charge is -2.11. The summed E-state index contributed by atoms with van der Waals surface area (Å²) in [5.41, 5.74) is 3.36. The van der Waals surface area contributed by atoms with Gasteiger partial charge in [-0.05, 0) is 60.0 Å². The zero-order valence-corrected chi connectivity index (χ0v) is 17.3. The minimum Gasteiger partial charge on any atom is -0.496 e. The Balaban J connectivity index is 1.48. The van der Waals surface area contributed by atoms with Crippen molar-refractivity contribution >= 4 is 23.2 Å². The summed E-state index contributed by atoms with van der Waals surface area (Å²) in [5.74, 6) is 1.76. The maximum Gasteiger partial charge on any atom is 0.122 e. The molecule has 3 aromatic rings. The van der Waals surface area contributed by atoms with Crippen molar-refractivity contribution in [1.82, 2.24) is 5.32 Å². The molecule has 28 heavy (non-hydrogen) atoms. The summed E-state index contributed by atoms with van der Waals surface area (Å²) in [6.07, 6.45) is 0.914. The predicted molar refractivity (Wildman–Crippen MR) is 116 cm³/mol. The molecular weight excluding hydrogens is 393 g/mol. The number of benzene rings is 3. The number of methoxy groups -OCH3 is 1. The first kappa shape index (κ1) is 20.5. The van der Waals surface area contributed by atoms with Crippen LogP contribution in [0.15, 0.2) is 66.7 Å². The number of ether oxygens (including phenoxy) is 2. The van der Waals surface area contributed by atoms with Crippen molar-refractivity contribution in [1.29, 1.82) is 0 Å². The van der Waals surface area contributed by atoms with Crippen LogP contribution >= 0.6 is 23.2 Å². The number of halogens is 2. The van der Waals surface area contributed by atoms with E-state index in [1.165, 1.54) is 11.1 Å². The van der Waals surface area contributed by atoms with Crippen LogP contribution in [-0.2, 0) is 19.6 Å². The number of para-hydroxylation sites is 1. The highest BCUT2D eigenvalue weighted by Crippen LogP contribution is 2.23. The summed E-state index contributed by atoms with van der Waals surface area (Å²) in [4.78, 5) is 0. The number of hydrogen-bond donors (Lipinski definition) is 1. The van der Waals surface area contributed by atoms with Crippen molar-refractivity contribution in [2.24, 2.45) is 0 Å². The Morgan fingerprint density at radius 2 is 1.71 bits per heavy atom. The van der Waals surface area contributed by atoms with E-state index in [0.29, 0.717) is 16.7 Å². The number of rotatable bonds is 9. The van der Waals surface area contributed by atoms with E-state index in [2.05, 4.69) is 17.4 Å². The van der Waals surface area contributed by atoms with Crippen molar-refractivity contribution in [2.75, 3.05) is 13.7 Å². The standard InChI is InChI=1S/C23H23Cl2NO2/c1-27-23-8-3-2-6-19(23)11-12-26-15-17-5-4-7-20(13-17)28-16-18-9-10-21(24)22(25)14-18/h2-10,13-14,26H,11-12,15-16H2,1H3. The van der Waals surface area contributed by atoms with Gasteiger partial charge in [0.1, 0.15) is 18.1 Å². The molecule has 0 amide bonds. The van der Waals surface area contributed by atoms with Crippen LogP contribution < -0.4 is 14.8 Å². The Bertz CT molecular complexity index is 915. The van der Waals surface area contributed by atoms with E-state index in [1.54, 1.807) is 13.2 Å². The highest BCUT2D eigenvalue weighted by Gasteiger charge is 2.03. The van der Waals surface area contributed by atoms with Crippen LogP contribution in [0.5, 0.6) is 11.5 Å². The summed E-state index contributed by atoms with van der Waals surface area (Å²) in [5, 5.41) is 4.56. The minimum atomic E-state index is 0.446. The highest BCUT2D eigenvalue weighted by atomic mass is 35.5. The fraction of sp³-hybridized carbons (Fsp3) is 0.217. The largest absolute Gasteiger partial charge is 0.496 e. The lowest BCUT2D eigenvalue weighted by atomic mass is 10.1. The molecule has 0 aliphatic carbocycles. The SMILES string of the molecule is COc1ccccc1CCNCc1cccc(OCc2ccc(Cl)c(Cl)c2)c1. The zero-order chi connectivity index (χ0) is 19.8. The molecule has 5 heteroatoms. The molecule has 0 saturated carbocycles. The van der Waals surface area contributed by atoms with Crippen LogP contribution in [-0.4, -0.2) is 13.7 Å². The molecule has 146 valence electrons. The Hall–Kier alpha value is -2.20. The molecule has 0 aliphatic rings. The smallest absolute Gasteiger partial charge is 0.122 e. The van der Waals surface area contributed by atoms with Gasteiger partial charge >= 0.3 is 0 Å². The van der Waals surface area contributed by atoms with Crippen LogP contribution in [0.2, 0.25) is 10.0 Å². The molecule has 0 heterocycles. The van der Waals surface area contributed by atoms with Gasteiger partial charge in [0, 0.05) is 6.54 Å². The number of nitrogens with one attached hydrogen (secondary N) is 1. The third-order valence-electron chi connectivity index (χ3n) is 4.38. The van der Waals surface area contributed by atoms with Crippen LogP contribution in [0.4, 0.5) is 0 Å². The van der Waals surface area contributed by atoms with Crippen LogP contribution in [0.25, 0.3) is 0 Å². The van der Waals surface area contributed by atoms with E-state index < -0.39 is 0 Å². The molecule has 0 aliphatic heterocycles. The third-order valence-corrected chi connectivity index (χ3v) is 5.12. The average Bonchev–Trinajstić information content (AvgIpc) is 2.72. The summed E-state index contributed by atoms with van der Waals surface area (Å²) in [7, 11) is 1.70. The Labute approximate surface area is 176 Å². The molecular formula is C23H23Cl2NO2. The van der Waals surface area contributed by atoms with Crippen LogP contribution in [0.1, 0.15) is 16.7 Å². The first-order valence-corrected chi connectivity index (χ1v) is 9.89. The first-order chi connectivity index (χ1) is 13.7. The van der Waals surface area contributed by atoms with Gasteiger partial charge in [-0.3, -0.25) is 0 Å². The molecule has 0 atom stereocenters. The normalized spacial score (nSPS) is 10.7. The van der Waals surface area contributed by atoms with E-state index in [1.807, 2.05) is 48.5 Å². The quantitative estimate of drug-likeness (QED) is 0.440. The lowest BCUT2D eigenvalue weighted by molar-refractivity contribution is 0.306. The van der Waals surface area contributed by atoms with Gasteiger partial charge in [0.2, 0.25) is 0 Å². The molecule has 0 aromatic heterocycles. The Morgan fingerprint density at radius 1 is 0.857 bits per heavy atom. The molecule has 0 bridgehead atoms. The van der Waals surface area contributed by atoms with Crippen LogP contribution in [0, 0.1) is 0 Å². The Kier molecular flexibility index (Phi) is 7.61.